The molecule has 0 bridgehead atoms. The summed E-state index contributed by atoms with van der Waals surface area (Å²) < 4.78 is 39.2. The lowest BCUT2D eigenvalue weighted by Crippen LogP contribution is -2.38. The van der Waals surface area contributed by atoms with Crippen LogP contribution in [0.1, 0.15) is 11.1 Å². The Kier molecular flexibility index (Phi) is 7.97. The number of nitrogens with zero attached hydrogens (tertiary/aromatic N) is 1. The van der Waals surface area contributed by atoms with Crippen molar-refractivity contribution in [3.05, 3.63) is 75.8 Å². The Morgan fingerprint density at radius 2 is 1.62 bits per heavy atom. The van der Waals surface area contributed by atoms with E-state index < -0.39 is 22.5 Å². The largest absolute Gasteiger partial charge is 0.495 e. The number of rotatable bonds is 8. The molecule has 0 aliphatic carbocycles. The average molecular weight is 523 g/mol. The summed E-state index contributed by atoms with van der Waals surface area (Å²) in [5.41, 5.74) is 2.03. The molecule has 0 radical (unpaired) electrons. The summed E-state index contributed by atoms with van der Waals surface area (Å²) >= 11 is 12.3. The van der Waals surface area contributed by atoms with Crippen molar-refractivity contribution in [3.63, 3.8) is 0 Å². The minimum Gasteiger partial charge on any atom is -0.495 e. The summed E-state index contributed by atoms with van der Waals surface area (Å²) in [4.78, 5) is 13.0. The first-order valence-corrected chi connectivity index (χ1v) is 12.3. The van der Waals surface area contributed by atoms with Crippen LogP contribution < -0.4 is 19.1 Å². The van der Waals surface area contributed by atoms with Crippen molar-refractivity contribution in [1.29, 1.82) is 0 Å². The van der Waals surface area contributed by atoms with E-state index in [-0.39, 0.29) is 16.3 Å². The number of ether oxygens (including phenoxy) is 2. The number of benzene rings is 3. The highest BCUT2D eigenvalue weighted by Crippen LogP contribution is 2.33. The molecular formula is C24H24Cl2N2O5S. The third kappa shape index (κ3) is 5.58. The van der Waals surface area contributed by atoms with Crippen molar-refractivity contribution < 1.29 is 22.7 Å². The Morgan fingerprint density at radius 1 is 0.941 bits per heavy atom. The van der Waals surface area contributed by atoms with Gasteiger partial charge in [0, 0.05) is 10.0 Å². The number of amides is 1. The van der Waals surface area contributed by atoms with Crippen molar-refractivity contribution in [1.82, 2.24) is 0 Å². The van der Waals surface area contributed by atoms with Crippen LogP contribution in [0.15, 0.2) is 59.5 Å². The van der Waals surface area contributed by atoms with Gasteiger partial charge in [-0.2, -0.15) is 0 Å². The maximum atomic E-state index is 13.8. The van der Waals surface area contributed by atoms with E-state index in [1.807, 2.05) is 0 Å². The Hall–Kier alpha value is -2.94. The van der Waals surface area contributed by atoms with Crippen molar-refractivity contribution in [2.75, 3.05) is 30.4 Å². The van der Waals surface area contributed by atoms with E-state index in [0.717, 1.165) is 15.4 Å². The molecule has 0 aromatic heterocycles. The summed E-state index contributed by atoms with van der Waals surface area (Å²) in [6.45, 7) is 3.03. The molecule has 0 atom stereocenters. The monoisotopic (exact) mass is 522 g/mol. The van der Waals surface area contributed by atoms with Crippen molar-refractivity contribution in [2.24, 2.45) is 0 Å². The molecule has 0 spiro atoms. The van der Waals surface area contributed by atoms with Crippen molar-refractivity contribution >= 4 is 50.5 Å². The van der Waals surface area contributed by atoms with Gasteiger partial charge >= 0.3 is 0 Å². The van der Waals surface area contributed by atoms with Gasteiger partial charge in [0.05, 0.1) is 25.6 Å². The Morgan fingerprint density at radius 3 is 2.26 bits per heavy atom. The quantitative estimate of drug-likeness (QED) is 0.424. The number of carbonyl (C=O) groups is 1. The van der Waals surface area contributed by atoms with Gasteiger partial charge in [-0.15, -0.1) is 0 Å². The lowest BCUT2D eigenvalue weighted by molar-refractivity contribution is -0.114. The second-order valence-electron chi connectivity index (χ2n) is 7.49. The van der Waals surface area contributed by atoms with Crippen LogP contribution in [0, 0.1) is 13.8 Å². The maximum absolute atomic E-state index is 13.8. The van der Waals surface area contributed by atoms with Crippen molar-refractivity contribution in [3.8, 4) is 11.5 Å². The van der Waals surface area contributed by atoms with Crippen LogP contribution in [0.3, 0.4) is 0 Å². The normalized spacial score (nSPS) is 11.1. The van der Waals surface area contributed by atoms with Crippen molar-refractivity contribution in [2.45, 2.75) is 18.7 Å². The van der Waals surface area contributed by atoms with Gasteiger partial charge in [-0.25, -0.2) is 8.42 Å². The zero-order chi connectivity index (χ0) is 25.0. The van der Waals surface area contributed by atoms with Gasteiger partial charge in [0.1, 0.15) is 22.9 Å². The molecule has 7 nitrogen and oxygen atoms in total. The second kappa shape index (κ2) is 10.5. The topological polar surface area (TPSA) is 84.9 Å². The molecule has 34 heavy (non-hydrogen) atoms. The van der Waals surface area contributed by atoms with Gasteiger partial charge in [-0.3, -0.25) is 9.10 Å². The molecule has 0 aliphatic heterocycles. The van der Waals surface area contributed by atoms with E-state index in [1.54, 1.807) is 50.2 Å². The zero-order valence-corrected chi connectivity index (χ0v) is 21.4. The Labute approximate surface area is 209 Å². The van der Waals surface area contributed by atoms with E-state index in [1.165, 1.54) is 32.4 Å². The van der Waals surface area contributed by atoms with E-state index >= 15 is 0 Å². The van der Waals surface area contributed by atoms with Gasteiger partial charge in [0.15, 0.2) is 0 Å². The number of anilines is 2. The van der Waals surface area contributed by atoms with Gasteiger partial charge in [-0.1, -0.05) is 35.3 Å². The fraction of sp³-hybridized carbons (Fsp3) is 0.208. The molecule has 1 N–H and O–H groups in total. The van der Waals surface area contributed by atoms with Crippen LogP contribution in [0.2, 0.25) is 10.0 Å². The molecule has 180 valence electrons. The van der Waals surface area contributed by atoms with E-state index in [0.29, 0.717) is 21.5 Å². The summed E-state index contributed by atoms with van der Waals surface area (Å²) in [5, 5.41) is 3.42. The number of hydrogen-bond donors (Lipinski definition) is 1. The van der Waals surface area contributed by atoms with Crippen LogP contribution in [0.25, 0.3) is 0 Å². The standard InChI is InChI=1S/C24H24Cl2N2O5S/c1-15-5-9-22(33-4)23(11-15)34(30,31)28(18-8-6-16(2)19(26)13-18)14-24(29)27-20-12-17(25)7-10-21(20)32-3/h5-13H,14H2,1-4H3,(H,27,29). The summed E-state index contributed by atoms with van der Waals surface area (Å²) in [6, 6.07) is 14.3. The third-order valence-corrected chi connectivity index (χ3v) is 7.49. The molecule has 0 heterocycles. The van der Waals surface area contributed by atoms with Gasteiger partial charge < -0.3 is 14.8 Å². The Bertz CT molecular complexity index is 1330. The van der Waals surface area contributed by atoms with Gasteiger partial charge in [0.25, 0.3) is 10.0 Å². The second-order valence-corrected chi connectivity index (χ2v) is 10.2. The molecule has 3 aromatic rings. The average Bonchev–Trinajstić information content (AvgIpc) is 2.79. The number of hydrogen-bond acceptors (Lipinski definition) is 5. The number of sulfonamides is 1. The van der Waals surface area contributed by atoms with Gasteiger partial charge in [0.2, 0.25) is 5.91 Å². The van der Waals surface area contributed by atoms with Crippen LogP contribution in [-0.2, 0) is 14.8 Å². The summed E-state index contributed by atoms with van der Waals surface area (Å²) in [6.07, 6.45) is 0. The predicted octanol–water partition coefficient (Wildman–Crippen LogP) is 5.46. The number of carbonyl (C=O) groups excluding carboxylic acids is 1. The first-order chi connectivity index (χ1) is 16.1. The molecule has 0 aliphatic rings. The van der Waals surface area contributed by atoms with E-state index in [2.05, 4.69) is 5.32 Å². The van der Waals surface area contributed by atoms with Gasteiger partial charge in [-0.05, 0) is 67.4 Å². The number of methoxy groups -OCH3 is 2. The summed E-state index contributed by atoms with van der Waals surface area (Å²) in [7, 11) is -1.39. The fourth-order valence-electron chi connectivity index (χ4n) is 3.25. The smallest absolute Gasteiger partial charge is 0.268 e. The van der Waals surface area contributed by atoms with E-state index in [9.17, 15) is 13.2 Å². The summed E-state index contributed by atoms with van der Waals surface area (Å²) in [5.74, 6) is -0.0657. The molecule has 0 saturated carbocycles. The lowest BCUT2D eigenvalue weighted by atomic mass is 10.2. The minimum atomic E-state index is -4.23. The molecular weight excluding hydrogens is 499 g/mol. The SMILES string of the molecule is COc1ccc(Cl)cc1NC(=O)CN(c1ccc(C)c(Cl)c1)S(=O)(=O)c1cc(C)ccc1OC. The first kappa shape index (κ1) is 25.7. The van der Waals surface area contributed by atoms with Crippen LogP contribution in [0.4, 0.5) is 11.4 Å². The highest BCUT2D eigenvalue weighted by Gasteiger charge is 2.31. The lowest BCUT2D eigenvalue weighted by Gasteiger charge is -2.25. The highest BCUT2D eigenvalue weighted by molar-refractivity contribution is 7.93. The molecule has 0 fully saturated rings. The van der Waals surface area contributed by atoms with Crippen LogP contribution >= 0.6 is 23.2 Å². The fourth-order valence-corrected chi connectivity index (χ4v) is 5.26. The molecule has 3 aromatic carbocycles. The molecule has 0 unspecified atom stereocenters. The molecule has 3 rings (SSSR count). The molecule has 0 saturated heterocycles. The number of halogens is 2. The van der Waals surface area contributed by atoms with Crippen LogP contribution in [0.5, 0.6) is 11.5 Å². The first-order valence-electron chi connectivity index (χ1n) is 10.1. The van der Waals surface area contributed by atoms with Crippen LogP contribution in [-0.4, -0.2) is 35.1 Å². The molecule has 1 amide bonds. The van der Waals surface area contributed by atoms with E-state index in [4.69, 9.17) is 32.7 Å². The number of nitrogens with one attached hydrogen (secondary N) is 1. The minimum absolute atomic E-state index is 0.0696. The molecule has 10 heteroatoms. The predicted molar refractivity (Wildman–Crippen MR) is 135 cm³/mol. The highest BCUT2D eigenvalue weighted by atomic mass is 35.5. The number of aryl methyl sites for hydroxylation is 2. The third-order valence-electron chi connectivity index (χ3n) is 5.05. The zero-order valence-electron chi connectivity index (χ0n) is 19.1. The Balaban J connectivity index is 2.06. The maximum Gasteiger partial charge on any atom is 0.268 e.